The SMILES string of the molecule is CC(Sc1nnc(-c2ccc(Cl)cc2Cl)n1-c1ccccc1)C(=O)Nc1ccccc1C#N. The van der Waals surface area contributed by atoms with Gasteiger partial charge in [-0.1, -0.05) is 65.3 Å². The minimum absolute atomic E-state index is 0.253. The Kier molecular flexibility index (Phi) is 6.99. The van der Waals surface area contributed by atoms with E-state index in [1.54, 1.807) is 49.4 Å². The molecule has 6 nitrogen and oxygen atoms in total. The molecule has 1 aromatic heterocycles. The third-order valence-corrected chi connectivity index (χ3v) is 6.37. The fraction of sp³-hybridized carbons (Fsp3) is 0.0833. The first-order chi connectivity index (χ1) is 16.0. The van der Waals surface area contributed by atoms with Crippen LogP contribution in [0.5, 0.6) is 0 Å². The highest BCUT2D eigenvalue weighted by Gasteiger charge is 2.23. The summed E-state index contributed by atoms with van der Waals surface area (Å²) < 4.78 is 1.85. The average Bonchev–Trinajstić information content (AvgIpc) is 3.23. The number of halogens is 2. The van der Waals surface area contributed by atoms with Crippen LogP contribution in [0.15, 0.2) is 78.0 Å². The summed E-state index contributed by atoms with van der Waals surface area (Å²) in [7, 11) is 0. The largest absolute Gasteiger partial charge is 0.324 e. The molecular weight excluding hydrogens is 477 g/mol. The zero-order chi connectivity index (χ0) is 23.4. The van der Waals surface area contributed by atoms with Crippen molar-refractivity contribution < 1.29 is 4.79 Å². The molecule has 164 valence electrons. The Balaban J connectivity index is 1.67. The van der Waals surface area contributed by atoms with E-state index < -0.39 is 5.25 Å². The summed E-state index contributed by atoms with van der Waals surface area (Å²) in [4.78, 5) is 12.9. The number of rotatable bonds is 6. The Labute approximate surface area is 205 Å². The van der Waals surface area contributed by atoms with Gasteiger partial charge in [-0.2, -0.15) is 5.26 Å². The Morgan fingerprint density at radius 2 is 1.79 bits per heavy atom. The lowest BCUT2D eigenvalue weighted by Crippen LogP contribution is -2.23. The quantitative estimate of drug-likeness (QED) is 0.321. The van der Waals surface area contributed by atoms with Crippen molar-refractivity contribution in [3.63, 3.8) is 0 Å². The van der Waals surface area contributed by atoms with Crippen LogP contribution in [0, 0.1) is 11.3 Å². The molecule has 0 fully saturated rings. The predicted octanol–water partition coefficient (Wildman–Crippen LogP) is 6.23. The first-order valence-corrected chi connectivity index (χ1v) is 11.5. The van der Waals surface area contributed by atoms with Crippen LogP contribution in [0.4, 0.5) is 5.69 Å². The molecule has 0 aliphatic rings. The molecule has 1 amide bonds. The van der Waals surface area contributed by atoms with Gasteiger partial charge in [0.25, 0.3) is 0 Å². The van der Waals surface area contributed by atoms with Crippen LogP contribution >= 0.6 is 35.0 Å². The number of carbonyl (C=O) groups is 1. The third kappa shape index (κ3) is 5.04. The summed E-state index contributed by atoms with van der Waals surface area (Å²) in [6.45, 7) is 1.77. The monoisotopic (exact) mass is 493 g/mol. The first kappa shape index (κ1) is 22.9. The van der Waals surface area contributed by atoms with Gasteiger partial charge in [0, 0.05) is 16.3 Å². The van der Waals surface area contributed by atoms with Crippen LogP contribution < -0.4 is 5.32 Å². The highest BCUT2D eigenvalue weighted by molar-refractivity contribution is 8.00. The Morgan fingerprint density at radius 3 is 2.52 bits per heavy atom. The molecule has 4 aromatic rings. The molecular formula is C24H17Cl2N5OS. The highest BCUT2D eigenvalue weighted by atomic mass is 35.5. The average molecular weight is 494 g/mol. The van der Waals surface area contributed by atoms with Crippen LogP contribution in [0.25, 0.3) is 17.1 Å². The van der Waals surface area contributed by atoms with Gasteiger partial charge in [0.1, 0.15) is 6.07 Å². The van der Waals surface area contributed by atoms with Crippen molar-refractivity contribution in [3.8, 4) is 23.1 Å². The van der Waals surface area contributed by atoms with Gasteiger partial charge in [-0.15, -0.1) is 10.2 Å². The number of benzene rings is 3. The van der Waals surface area contributed by atoms with Gasteiger partial charge in [-0.05, 0) is 49.4 Å². The van der Waals surface area contributed by atoms with E-state index in [1.807, 2.05) is 34.9 Å². The topological polar surface area (TPSA) is 83.6 Å². The molecule has 0 radical (unpaired) electrons. The first-order valence-electron chi connectivity index (χ1n) is 9.91. The predicted molar refractivity (Wildman–Crippen MR) is 132 cm³/mol. The molecule has 4 rings (SSSR count). The number of amides is 1. The summed E-state index contributed by atoms with van der Waals surface area (Å²) in [5.41, 5.74) is 2.36. The van der Waals surface area contributed by atoms with Gasteiger partial charge >= 0.3 is 0 Å². The van der Waals surface area contributed by atoms with Crippen molar-refractivity contribution in [1.82, 2.24) is 14.8 Å². The number of thioether (sulfide) groups is 1. The normalized spacial score (nSPS) is 11.6. The number of hydrogen-bond donors (Lipinski definition) is 1. The second kappa shape index (κ2) is 10.1. The number of para-hydroxylation sites is 2. The summed E-state index contributed by atoms with van der Waals surface area (Å²) in [5.74, 6) is 0.282. The number of anilines is 1. The number of nitriles is 1. The lowest BCUT2D eigenvalue weighted by molar-refractivity contribution is -0.115. The molecule has 0 aliphatic carbocycles. The molecule has 33 heavy (non-hydrogen) atoms. The number of hydrogen-bond acceptors (Lipinski definition) is 5. The minimum atomic E-state index is -0.517. The number of nitrogens with one attached hydrogen (secondary N) is 1. The zero-order valence-corrected chi connectivity index (χ0v) is 19.7. The van der Waals surface area contributed by atoms with Crippen molar-refractivity contribution in [2.75, 3.05) is 5.32 Å². The third-order valence-electron chi connectivity index (χ3n) is 4.78. The lowest BCUT2D eigenvalue weighted by Gasteiger charge is -2.15. The van der Waals surface area contributed by atoms with Crippen molar-refractivity contribution in [3.05, 3.63) is 88.4 Å². The van der Waals surface area contributed by atoms with E-state index in [0.29, 0.717) is 37.8 Å². The van der Waals surface area contributed by atoms with Crippen molar-refractivity contribution in [2.45, 2.75) is 17.3 Å². The zero-order valence-electron chi connectivity index (χ0n) is 17.4. The summed E-state index contributed by atoms with van der Waals surface area (Å²) in [5, 5.41) is 21.8. The van der Waals surface area contributed by atoms with Crippen LogP contribution in [0.3, 0.4) is 0 Å². The summed E-state index contributed by atoms with van der Waals surface area (Å²) in [6, 6.07) is 23.7. The van der Waals surface area contributed by atoms with E-state index >= 15 is 0 Å². The summed E-state index contributed by atoms with van der Waals surface area (Å²) >= 11 is 13.8. The van der Waals surface area contributed by atoms with Crippen LogP contribution in [-0.2, 0) is 4.79 Å². The van der Waals surface area contributed by atoms with E-state index in [2.05, 4.69) is 21.6 Å². The lowest BCUT2D eigenvalue weighted by atomic mass is 10.2. The van der Waals surface area contributed by atoms with Crippen molar-refractivity contribution >= 4 is 46.6 Å². The Hall–Kier alpha value is -3.31. The molecule has 0 saturated heterocycles. The minimum Gasteiger partial charge on any atom is -0.324 e. The fourth-order valence-electron chi connectivity index (χ4n) is 3.14. The highest BCUT2D eigenvalue weighted by Crippen LogP contribution is 2.34. The van der Waals surface area contributed by atoms with E-state index in [-0.39, 0.29) is 5.91 Å². The van der Waals surface area contributed by atoms with Crippen LogP contribution in [-0.4, -0.2) is 25.9 Å². The molecule has 1 N–H and O–H groups in total. The van der Waals surface area contributed by atoms with Gasteiger partial charge in [0.05, 0.1) is 21.5 Å². The summed E-state index contributed by atoms with van der Waals surface area (Å²) in [6.07, 6.45) is 0. The van der Waals surface area contributed by atoms with Crippen LogP contribution in [0.1, 0.15) is 12.5 Å². The maximum Gasteiger partial charge on any atom is 0.237 e. The molecule has 1 heterocycles. The van der Waals surface area contributed by atoms with Gasteiger partial charge in [0.2, 0.25) is 5.91 Å². The molecule has 1 atom stereocenters. The molecule has 0 bridgehead atoms. The standard InChI is InChI=1S/C24H17Cl2N5OS/c1-15(23(32)28-21-10-6-5-7-16(21)14-27)33-24-30-29-22(19-12-11-17(25)13-20(19)26)31(24)18-8-3-2-4-9-18/h2-13,15H,1H3,(H,28,32). The molecule has 1 unspecified atom stereocenters. The van der Waals surface area contributed by atoms with Gasteiger partial charge < -0.3 is 5.32 Å². The molecule has 9 heteroatoms. The maximum absolute atomic E-state index is 12.9. The second-order valence-corrected chi connectivity index (χ2v) is 9.16. The Bertz CT molecular complexity index is 1350. The van der Waals surface area contributed by atoms with Gasteiger partial charge in [0.15, 0.2) is 11.0 Å². The van der Waals surface area contributed by atoms with E-state index in [1.165, 1.54) is 11.8 Å². The number of nitrogens with zero attached hydrogens (tertiary/aromatic N) is 4. The maximum atomic E-state index is 12.9. The van der Waals surface area contributed by atoms with E-state index in [9.17, 15) is 10.1 Å². The van der Waals surface area contributed by atoms with Crippen LogP contribution in [0.2, 0.25) is 10.0 Å². The number of aromatic nitrogens is 3. The van der Waals surface area contributed by atoms with Gasteiger partial charge in [-0.25, -0.2) is 0 Å². The van der Waals surface area contributed by atoms with Crippen molar-refractivity contribution in [1.29, 1.82) is 5.26 Å². The van der Waals surface area contributed by atoms with Gasteiger partial charge in [-0.3, -0.25) is 9.36 Å². The molecule has 0 saturated carbocycles. The second-order valence-electron chi connectivity index (χ2n) is 7.01. The van der Waals surface area contributed by atoms with E-state index in [0.717, 1.165) is 5.69 Å². The van der Waals surface area contributed by atoms with Crippen molar-refractivity contribution in [2.24, 2.45) is 0 Å². The number of carbonyl (C=O) groups excluding carboxylic acids is 1. The Morgan fingerprint density at radius 1 is 1.06 bits per heavy atom. The molecule has 0 spiro atoms. The van der Waals surface area contributed by atoms with E-state index in [4.69, 9.17) is 23.2 Å². The smallest absolute Gasteiger partial charge is 0.237 e. The molecule has 0 aliphatic heterocycles. The fourth-order valence-corrected chi connectivity index (χ4v) is 4.50. The molecule has 3 aromatic carbocycles.